The van der Waals surface area contributed by atoms with Gasteiger partial charge in [0.15, 0.2) is 11.6 Å². The minimum absolute atomic E-state index is 0.0163. The van der Waals surface area contributed by atoms with Gasteiger partial charge in [0.2, 0.25) is 0 Å². The molecule has 2 rings (SSSR count). The third kappa shape index (κ3) is 6.36. The highest BCUT2D eigenvalue weighted by Gasteiger charge is 2.25. The number of halogens is 1. The van der Waals surface area contributed by atoms with E-state index in [4.69, 9.17) is 16.3 Å². The highest BCUT2D eigenvalue weighted by molar-refractivity contribution is 6.21. The summed E-state index contributed by atoms with van der Waals surface area (Å²) in [6, 6.07) is 0. The minimum Gasteiger partial charge on any atom is -0.379 e. The molecule has 0 amide bonds. The van der Waals surface area contributed by atoms with E-state index in [-0.39, 0.29) is 17.5 Å². The molecule has 4 N–H and O–H groups in total. The Hall–Kier alpha value is -0.600. The van der Waals surface area contributed by atoms with Crippen LogP contribution in [0.1, 0.15) is 20.8 Å². The summed E-state index contributed by atoms with van der Waals surface area (Å²) >= 11 is 6.15. The first-order valence-electron chi connectivity index (χ1n) is 7.48. The van der Waals surface area contributed by atoms with E-state index >= 15 is 0 Å². The van der Waals surface area contributed by atoms with Gasteiger partial charge < -0.3 is 15.4 Å². The average Bonchev–Trinajstić information content (AvgIpc) is 2.37. The summed E-state index contributed by atoms with van der Waals surface area (Å²) in [4.78, 5) is 6.91. The van der Waals surface area contributed by atoms with Crippen molar-refractivity contribution in [1.82, 2.24) is 26.2 Å². The van der Waals surface area contributed by atoms with Gasteiger partial charge >= 0.3 is 0 Å². The molecule has 122 valence electrons. The van der Waals surface area contributed by atoms with Gasteiger partial charge in [-0.1, -0.05) is 11.6 Å². The SMILES string of the molecule is CC(C)(C)NC1NC(=NCCN2CCOCC2)NC(Cl)N1. The number of alkyl halides is 1. The molecule has 0 bridgehead atoms. The molecule has 0 spiro atoms. The highest BCUT2D eigenvalue weighted by atomic mass is 35.5. The molecule has 2 unspecified atom stereocenters. The lowest BCUT2D eigenvalue weighted by Crippen LogP contribution is -2.70. The maximum Gasteiger partial charge on any atom is 0.195 e. The molecular weight excluding hydrogens is 292 g/mol. The number of nitrogens with zero attached hydrogens (tertiary/aromatic N) is 2. The zero-order valence-electron chi connectivity index (χ0n) is 13.1. The van der Waals surface area contributed by atoms with Crippen molar-refractivity contribution in [3.8, 4) is 0 Å². The molecule has 21 heavy (non-hydrogen) atoms. The quantitative estimate of drug-likeness (QED) is 0.419. The Balaban J connectivity index is 1.79. The van der Waals surface area contributed by atoms with E-state index in [0.29, 0.717) is 0 Å². The van der Waals surface area contributed by atoms with E-state index in [1.807, 2.05) is 0 Å². The van der Waals surface area contributed by atoms with Crippen LogP contribution in [0.2, 0.25) is 0 Å². The van der Waals surface area contributed by atoms with Gasteiger partial charge in [0.1, 0.15) is 6.29 Å². The van der Waals surface area contributed by atoms with Gasteiger partial charge in [0.05, 0.1) is 19.8 Å². The summed E-state index contributed by atoms with van der Waals surface area (Å²) in [5.74, 6) is 0.726. The fourth-order valence-corrected chi connectivity index (χ4v) is 2.49. The van der Waals surface area contributed by atoms with Crippen molar-refractivity contribution in [2.45, 2.75) is 38.2 Å². The summed E-state index contributed by atoms with van der Waals surface area (Å²) in [6.45, 7) is 11.6. The van der Waals surface area contributed by atoms with Gasteiger partial charge in [-0.05, 0) is 20.8 Å². The van der Waals surface area contributed by atoms with Gasteiger partial charge in [-0.15, -0.1) is 0 Å². The molecule has 2 heterocycles. The fraction of sp³-hybridized carbons (Fsp3) is 0.923. The van der Waals surface area contributed by atoms with E-state index in [9.17, 15) is 0 Å². The van der Waals surface area contributed by atoms with Crippen molar-refractivity contribution in [3.63, 3.8) is 0 Å². The van der Waals surface area contributed by atoms with Crippen LogP contribution in [0.4, 0.5) is 0 Å². The number of hydrogen-bond donors (Lipinski definition) is 4. The van der Waals surface area contributed by atoms with Crippen LogP contribution in [-0.4, -0.2) is 67.7 Å². The van der Waals surface area contributed by atoms with Crippen LogP contribution >= 0.6 is 11.6 Å². The smallest absolute Gasteiger partial charge is 0.195 e. The number of ether oxygens (including phenoxy) is 1. The van der Waals surface area contributed by atoms with Crippen LogP contribution in [-0.2, 0) is 4.74 Å². The maximum atomic E-state index is 6.15. The largest absolute Gasteiger partial charge is 0.379 e. The lowest BCUT2D eigenvalue weighted by atomic mass is 10.1. The zero-order chi connectivity index (χ0) is 15.3. The van der Waals surface area contributed by atoms with E-state index in [0.717, 1.165) is 45.4 Å². The van der Waals surface area contributed by atoms with Crippen molar-refractivity contribution in [2.24, 2.45) is 4.99 Å². The Morgan fingerprint density at radius 3 is 2.71 bits per heavy atom. The second-order valence-electron chi connectivity index (χ2n) is 6.33. The van der Waals surface area contributed by atoms with Crippen molar-refractivity contribution in [2.75, 3.05) is 39.4 Å². The van der Waals surface area contributed by atoms with E-state index < -0.39 is 0 Å². The molecule has 8 heteroatoms. The van der Waals surface area contributed by atoms with Gasteiger partial charge in [-0.2, -0.15) is 0 Å². The topological polar surface area (TPSA) is 73.0 Å². The summed E-state index contributed by atoms with van der Waals surface area (Å²) in [5.41, 5.74) is -0.356. The van der Waals surface area contributed by atoms with Crippen LogP contribution in [0, 0.1) is 0 Å². The first-order valence-corrected chi connectivity index (χ1v) is 7.91. The monoisotopic (exact) mass is 318 g/mol. The molecule has 0 aliphatic carbocycles. The molecule has 7 nitrogen and oxygen atoms in total. The molecule has 0 aromatic carbocycles. The first kappa shape index (κ1) is 16.8. The van der Waals surface area contributed by atoms with Crippen molar-refractivity contribution >= 4 is 17.6 Å². The molecule has 0 saturated carbocycles. The number of nitrogens with one attached hydrogen (secondary N) is 4. The molecule has 2 aliphatic rings. The van der Waals surface area contributed by atoms with Gasteiger partial charge in [0.25, 0.3) is 0 Å². The summed E-state index contributed by atoms with van der Waals surface area (Å²) in [7, 11) is 0. The predicted molar refractivity (Wildman–Crippen MR) is 85.3 cm³/mol. The third-order valence-corrected chi connectivity index (χ3v) is 3.46. The average molecular weight is 319 g/mol. The van der Waals surface area contributed by atoms with Crippen molar-refractivity contribution in [1.29, 1.82) is 0 Å². The molecular formula is C13H27ClN6O. The van der Waals surface area contributed by atoms with Crippen molar-refractivity contribution in [3.05, 3.63) is 0 Å². The summed E-state index contributed by atoms with van der Waals surface area (Å²) < 4.78 is 5.33. The summed E-state index contributed by atoms with van der Waals surface area (Å²) in [6.07, 6.45) is -0.101. The standard InChI is InChI=1S/C13H27ClN6O/c1-13(2,3)19-12-17-10(14)16-11(18-12)15-4-5-20-6-8-21-9-7-20/h10,12,17,19H,4-9H2,1-3H3,(H2,15,16,18). The Labute approximate surface area is 131 Å². The lowest BCUT2D eigenvalue weighted by molar-refractivity contribution is 0.0394. The molecule has 2 saturated heterocycles. The number of hydrogen-bond acceptors (Lipinski definition) is 5. The molecule has 2 aliphatic heterocycles. The van der Waals surface area contributed by atoms with E-state index in [1.165, 1.54) is 0 Å². The normalized spacial score (nSPS) is 30.0. The van der Waals surface area contributed by atoms with E-state index in [1.54, 1.807) is 0 Å². The van der Waals surface area contributed by atoms with Gasteiger partial charge in [-0.3, -0.25) is 20.5 Å². The fourth-order valence-electron chi connectivity index (χ4n) is 2.26. The van der Waals surface area contributed by atoms with Gasteiger partial charge in [0, 0.05) is 25.2 Å². The molecule has 0 aromatic rings. The number of aliphatic imine (C=N–C) groups is 1. The summed E-state index contributed by atoms with van der Waals surface area (Å²) in [5, 5.41) is 12.9. The first-order chi connectivity index (χ1) is 9.92. The maximum absolute atomic E-state index is 6.15. The molecule has 0 radical (unpaired) electrons. The predicted octanol–water partition coefficient (Wildman–Crippen LogP) is -0.349. The molecule has 2 fully saturated rings. The van der Waals surface area contributed by atoms with E-state index in [2.05, 4.69) is 51.9 Å². The second kappa shape index (κ2) is 7.60. The van der Waals surface area contributed by atoms with Crippen molar-refractivity contribution < 1.29 is 4.74 Å². The molecule has 2 atom stereocenters. The minimum atomic E-state index is -0.340. The Morgan fingerprint density at radius 1 is 1.33 bits per heavy atom. The van der Waals surface area contributed by atoms with Crippen LogP contribution in [0.25, 0.3) is 0 Å². The van der Waals surface area contributed by atoms with Crippen LogP contribution in [0.5, 0.6) is 0 Å². The number of rotatable bonds is 4. The Morgan fingerprint density at radius 2 is 2.05 bits per heavy atom. The molecule has 0 aromatic heterocycles. The highest BCUT2D eigenvalue weighted by Crippen LogP contribution is 2.02. The Kier molecular flexibility index (Phi) is 6.07. The van der Waals surface area contributed by atoms with Crippen LogP contribution in [0.15, 0.2) is 4.99 Å². The van der Waals surface area contributed by atoms with Crippen LogP contribution < -0.4 is 21.3 Å². The van der Waals surface area contributed by atoms with Crippen LogP contribution in [0.3, 0.4) is 0 Å². The Bertz CT molecular complexity index is 353. The lowest BCUT2D eigenvalue weighted by Gasteiger charge is -2.36. The zero-order valence-corrected chi connectivity index (χ0v) is 13.8. The number of guanidine groups is 1. The van der Waals surface area contributed by atoms with Gasteiger partial charge in [-0.25, -0.2) is 0 Å². The third-order valence-electron chi connectivity index (χ3n) is 3.22. The number of morpholine rings is 1. The second-order valence-corrected chi connectivity index (χ2v) is 6.77.